The van der Waals surface area contributed by atoms with Gasteiger partial charge in [0.15, 0.2) is 46.8 Å². The maximum atomic E-state index is 16.4. The predicted octanol–water partition coefficient (Wildman–Crippen LogP) is 1.18. The van der Waals surface area contributed by atoms with Crippen molar-refractivity contribution in [1.29, 1.82) is 0 Å². The van der Waals surface area contributed by atoms with Crippen LogP contribution in [0.2, 0.25) is 0 Å². The number of halogens is 1. The minimum Gasteiger partial charge on any atom is -0.349 e. The molecule has 3 saturated heterocycles. The van der Waals surface area contributed by atoms with E-state index in [0.29, 0.717) is 5.56 Å². The number of carbonyl (C=O) groups is 2. The Bertz CT molecular complexity index is 2580. The van der Waals surface area contributed by atoms with E-state index in [1.165, 1.54) is 21.8 Å². The van der Waals surface area contributed by atoms with E-state index >= 15 is 4.39 Å². The number of hydrogen-bond acceptors (Lipinski definition) is 16. The van der Waals surface area contributed by atoms with Gasteiger partial charge in [-0.2, -0.15) is 18.1 Å². The second-order valence-electron chi connectivity index (χ2n) is 13.4. The summed E-state index contributed by atoms with van der Waals surface area (Å²) < 4.78 is 76.9. The van der Waals surface area contributed by atoms with E-state index in [2.05, 4.69) is 45.3 Å². The Hall–Kier alpha value is -4.69. The molecule has 0 spiro atoms. The second-order valence-corrected chi connectivity index (χ2v) is 17.6. The Morgan fingerprint density at radius 3 is 2.51 bits per heavy atom. The molecule has 5 N–H and O–H groups in total. The van der Waals surface area contributed by atoms with Gasteiger partial charge in [-0.1, -0.05) is 32.0 Å². The molecule has 1 unspecified atom stereocenters. The topological polar surface area (TPSA) is 278 Å². The number of anilines is 2. The highest BCUT2D eigenvalue weighted by atomic mass is 32.5. The minimum atomic E-state index is -4.67. The van der Waals surface area contributed by atoms with Crippen LogP contribution in [0.15, 0.2) is 54.1 Å². The van der Waals surface area contributed by atoms with E-state index in [-0.39, 0.29) is 40.5 Å². The van der Waals surface area contributed by atoms with Crippen LogP contribution in [-0.4, -0.2) is 108 Å². The molecule has 302 valence electrons. The van der Waals surface area contributed by atoms with Crippen molar-refractivity contribution in [3.8, 4) is 0 Å². The predicted molar refractivity (Wildman–Crippen MR) is 198 cm³/mol. The van der Waals surface area contributed by atoms with E-state index in [0.717, 1.165) is 6.33 Å². The number of hydrogen-bond donors (Lipinski definition) is 5. The van der Waals surface area contributed by atoms with E-state index in [1.807, 2.05) is 0 Å². The van der Waals surface area contributed by atoms with Gasteiger partial charge in [0.25, 0.3) is 11.5 Å². The number of H-pyrrole nitrogens is 1. The van der Waals surface area contributed by atoms with Gasteiger partial charge in [0, 0.05) is 24.4 Å². The SMILES string of the molecule is CC(C)C(=O)Nc1nc2c(ncn2[C@@H]2O[C@@H]3COP(O)(=S)O[C@H]4[C@@H](F)[C@H](n5cnc6c(NC(=O)c7ccccc7)ncnc65)O[C@@H]4CNS(=O)(=O)O[C@@H]2C3)c(=O)[nH]1. The summed E-state index contributed by atoms with van der Waals surface area (Å²) in [6.07, 6.45) is -6.91. The van der Waals surface area contributed by atoms with Crippen molar-refractivity contribution in [3.63, 3.8) is 0 Å². The molecule has 4 aromatic heterocycles. The number of fused-ring (bicyclic) bond motifs is 5. The van der Waals surface area contributed by atoms with Gasteiger partial charge in [-0.25, -0.2) is 28.5 Å². The Kier molecular flexibility index (Phi) is 10.5. The van der Waals surface area contributed by atoms with Crippen LogP contribution in [-0.2, 0) is 49.6 Å². The number of alkyl halides is 1. The third kappa shape index (κ3) is 7.95. The molecule has 0 aliphatic carbocycles. The standard InChI is InChI=1S/C31H33FN11O11PS2/c1-14(2)26(44)40-31-39-25-21(28(46)41-31)36-13-43(25)29-17-8-16(51-29)10-50-55(47,56)53-22-18(9-37-57(48,49)54-17)52-30(19(22)32)42-12-35-20-23(33-11-34-24(20)42)38-27(45)15-6-4-3-5-7-15/h3-7,11-14,16-19,22,29-30,37H,8-10H2,1-2H3,(H,47,56)(H,33,34,38,45)(H2,39,40,41,44,46)/t16-,17+,18+,19+,22+,29+,30+,55?/m0/s1. The molecule has 3 fully saturated rings. The first-order chi connectivity index (χ1) is 27.2. The highest BCUT2D eigenvalue weighted by molar-refractivity contribution is 8.07. The van der Waals surface area contributed by atoms with E-state index in [4.69, 9.17) is 34.5 Å². The van der Waals surface area contributed by atoms with Crippen LogP contribution in [0.5, 0.6) is 0 Å². The molecule has 3 aliphatic heterocycles. The fraction of sp³-hybridized carbons (Fsp3) is 0.419. The molecule has 0 radical (unpaired) electrons. The summed E-state index contributed by atoms with van der Waals surface area (Å²) >= 11 is 5.26. The van der Waals surface area contributed by atoms with Crippen LogP contribution in [0.1, 0.15) is 43.1 Å². The molecule has 2 amide bonds. The van der Waals surface area contributed by atoms with Crippen LogP contribution < -0.4 is 20.9 Å². The summed E-state index contributed by atoms with van der Waals surface area (Å²) in [4.78, 5) is 72.6. The lowest BCUT2D eigenvalue weighted by Crippen LogP contribution is -2.42. The zero-order valence-electron chi connectivity index (χ0n) is 29.7. The zero-order valence-corrected chi connectivity index (χ0v) is 32.2. The van der Waals surface area contributed by atoms with Gasteiger partial charge < -0.3 is 24.2 Å². The highest BCUT2D eigenvalue weighted by Gasteiger charge is 2.51. The maximum absolute atomic E-state index is 16.4. The molecule has 7 heterocycles. The molecule has 1 aromatic carbocycles. The van der Waals surface area contributed by atoms with Crippen molar-refractivity contribution in [2.45, 2.75) is 63.3 Å². The lowest BCUT2D eigenvalue weighted by atomic mass is 10.1. The molecule has 2 bridgehead atoms. The molecule has 22 nitrogen and oxygen atoms in total. The van der Waals surface area contributed by atoms with Gasteiger partial charge in [-0.3, -0.25) is 38.3 Å². The van der Waals surface area contributed by atoms with Crippen molar-refractivity contribution < 1.29 is 50.0 Å². The number of aromatic amines is 1. The highest BCUT2D eigenvalue weighted by Crippen LogP contribution is 2.50. The first-order valence-corrected chi connectivity index (χ1v) is 21.3. The third-order valence-corrected chi connectivity index (χ3v) is 11.8. The van der Waals surface area contributed by atoms with Crippen molar-refractivity contribution in [2.24, 2.45) is 5.92 Å². The fourth-order valence-electron chi connectivity index (χ4n) is 6.44. The normalized spacial score (nSPS) is 29.0. The van der Waals surface area contributed by atoms with Crippen LogP contribution >= 0.6 is 6.72 Å². The molecule has 5 aromatic rings. The van der Waals surface area contributed by atoms with E-state index < -0.39 is 96.5 Å². The molecule has 3 aliphatic rings. The number of benzene rings is 1. The summed E-state index contributed by atoms with van der Waals surface area (Å²) in [6, 6.07) is 8.34. The number of amides is 2. The summed E-state index contributed by atoms with van der Waals surface area (Å²) in [5.41, 5.74) is -0.397. The Morgan fingerprint density at radius 2 is 1.75 bits per heavy atom. The maximum Gasteiger partial charge on any atom is 0.336 e. The van der Waals surface area contributed by atoms with Crippen LogP contribution in [0.25, 0.3) is 22.3 Å². The molecule has 26 heteroatoms. The summed E-state index contributed by atoms with van der Waals surface area (Å²) in [7, 11) is -4.67. The van der Waals surface area contributed by atoms with Crippen molar-refractivity contribution in [3.05, 3.63) is 65.2 Å². The summed E-state index contributed by atoms with van der Waals surface area (Å²) in [5, 5.41) is 5.16. The fourth-order valence-corrected chi connectivity index (χ4v) is 8.83. The van der Waals surface area contributed by atoms with Crippen molar-refractivity contribution in [1.82, 2.24) is 43.8 Å². The number of ether oxygens (including phenoxy) is 2. The summed E-state index contributed by atoms with van der Waals surface area (Å²) in [5.74, 6) is -1.49. The minimum absolute atomic E-state index is 0.0312. The number of nitrogens with one attached hydrogen (secondary N) is 4. The Balaban J connectivity index is 1.05. The molecule has 8 atom stereocenters. The zero-order chi connectivity index (χ0) is 40.2. The van der Waals surface area contributed by atoms with Crippen molar-refractivity contribution in [2.75, 3.05) is 23.8 Å². The van der Waals surface area contributed by atoms with Crippen LogP contribution in [0.3, 0.4) is 0 Å². The smallest absolute Gasteiger partial charge is 0.336 e. The number of nitrogens with zero attached hydrogens (tertiary/aromatic N) is 7. The van der Waals surface area contributed by atoms with Crippen LogP contribution in [0, 0.1) is 5.92 Å². The lowest BCUT2D eigenvalue weighted by molar-refractivity contribution is -0.118. The first-order valence-electron chi connectivity index (χ1n) is 17.3. The Labute approximate surface area is 326 Å². The first kappa shape index (κ1) is 39.2. The number of imidazole rings is 2. The number of rotatable bonds is 6. The van der Waals surface area contributed by atoms with Gasteiger partial charge in [-0.05, 0) is 23.9 Å². The van der Waals surface area contributed by atoms with Gasteiger partial charge in [0.2, 0.25) is 11.9 Å². The van der Waals surface area contributed by atoms with E-state index in [9.17, 15) is 27.7 Å². The van der Waals surface area contributed by atoms with Gasteiger partial charge in [0.05, 0.1) is 25.4 Å². The van der Waals surface area contributed by atoms with Gasteiger partial charge in [0.1, 0.15) is 24.6 Å². The third-order valence-electron chi connectivity index (χ3n) is 9.18. The molecule has 8 rings (SSSR count). The molecule has 57 heavy (non-hydrogen) atoms. The largest absolute Gasteiger partial charge is 0.349 e. The molecule has 0 saturated carbocycles. The lowest BCUT2D eigenvalue weighted by Gasteiger charge is -2.26. The monoisotopic (exact) mass is 849 g/mol. The average molecular weight is 850 g/mol. The quantitative estimate of drug-likeness (QED) is 0.150. The van der Waals surface area contributed by atoms with Gasteiger partial charge in [-0.15, -0.1) is 0 Å². The van der Waals surface area contributed by atoms with Crippen LogP contribution in [0.4, 0.5) is 16.2 Å². The molecular formula is C31H33FN11O11PS2. The van der Waals surface area contributed by atoms with Gasteiger partial charge >= 0.3 is 17.0 Å². The second kappa shape index (κ2) is 15.2. The number of aromatic nitrogens is 8. The van der Waals surface area contributed by atoms with E-state index in [1.54, 1.807) is 44.2 Å². The average Bonchev–Trinajstić information content (AvgIpc) is 3.95. The molecular weight excluding hydrogens is 817 g/mol. The summed E-state index contributed by atoms with van der Waals surface area (Å²) in [6.45, 7) is -2.07. The number of carbonyl (C=O) groups excluding carboxylic acids is 2. The Morgan fingerprint density at radius 1 is 1.02 bits per heavy atom. The van der Waals surface area contributed by atoms with Crippen molar-refractivity contribution >= 4 is 74.7 Å².